The smallest absolute Gasteiger partial charge is 0.403 e. The van der Waals surface area contributed by atoms with Crippen LogP contribution in [-0.4, -0.2) is 31.5 Å². The number of hydrogen-bond acceptors (Lipinski definition) is 4. The Bertz CT molecular complexity index is 423. The summed E-state index contributed by atoms with van der Waals surface area (Å²) in [6.45, 7) is 0. The van der Waals surface area contributed by atoms with E-state index in [0.717, 1.165) is 0 Å². The zero-order valence-electron chi connectivity index (χ0n) is 10.6. The number of hydrogen-bond donors (Lipinski definition) is 2. The Morgan fingerprint density at radius 2 is 1.89 bits per heavy atom. The van der Waals surface area contributed by atoms with E-state index in [1.807, 2.05) is 0 Å². The molecule has 108 valence electrons. The first-order chi connectivity index (χ1) is 8.81. The van der Waals surface area contributed by atoms with Crippen molar-refractivity contribution in [3.05, 3.63) is 23.8 Å². The maximum absolute atomic E-state index is 12.4. The number of rotatable bonds is 5. The lowest BCUT2D eigenvalue weighted by molar-refractivity contribution is -0.153. The minimum Gasteiger partial charge on any atom is -0.493 e. The molecule has 4 nitrogen and oxygen atoms in total. The van der Waals surface area contributed by atoms with Gasteiger partial charge in [0.1, 0.15) is 6.04 Å². The molecule has 0 aliphatic rings. The summed E-state index contributed by atoms with van der Waals surface area (Å²) in [4.78, 5) is 0. The largest absolute Gasteiger partial charge is 0.493 e. The van der Waals surface area contributed by atoms with Gasteiger partial charge in [0, 0.05) is 12.0 Å². The van der Waals surface area contributed by atoms with E-state index in [1.165, 1.54) is 20.3 Å². The van der Waals surface area contributed by atoms with Crippen LogP contribution in [0.5, 0.6) is 11.5 Å². The fourth-order valence-corrected chi connectivity index (χ4v) is 1.68. The van der Waals surface area contributed by atoms with Crippen molar-refractivity contribution in [1.29, 1.82) is 0 Å². The van der Waals surface area contributed by atoms with Gasteiger partial charge in [0.15, 0.2) is 11.5 Å². The molecule has 19 heavy (non-hydrogen) atoms. The maximum atomic E-state index is 12.4. The zero-order valence-corrected chi connectivity index (χ0v) is 10.6. The van der Waals surface area contributed by atoms with Crippen molar-refractivity contribution in [3.8, 4) is 11.5 Å². The van der Waals surface area contributed by atoms with Gasteiger partial charge in [-0.2, -0.15) is 13.2 Å². The van der Waals surface area contributed by atoms with Crippen LogP contribution in [0.1, 0.15) is 18.1 Å². The van der Waals surface area contributed by atoms with Crippen LogP contribution in [0.15, 0.2) is 18.2 Å². The fraction of sp³-hybridized carbons (Fsp3) is 0.500. The summed E-state index contributed by atoms with van der Waals surface area (Å²) in [5, 5.41) is 9.87. The van der Waals surface area contributed by atoms with Gasteiger partial charge in [0.2, 0.25) is 0 Å². The summed E-state index contributed by atoms with van der Waals surface area (Å²) >= 11 is 0. The lowest BCUT2D eigenvalue weighted by atomic mass is 10.0. The van der Waals surface area contributed by atoms with E-state index in [0.29, 0.717) is 5.75 Å². The molecule has 1 rings (SSSR count). The van der Waals surface area contributed by atoms with E-state index in [2.05, 4.69) is 0 Å². The van der Waals surface area contributed by atoms with Crippen molar-refractivity contribution >= 4 is 0 Å². The first-order valence-corrected chi connectivity index (χ1v) is 5.52. The third kappa shape index (κ3) is 3.74. The molecule has 0 saturated carbocycles. The Balaban J connectivity index is 2.97. The molecule has 0 aliphatic carbocycles. The van der Waals surface area contributed by atoms with Crippen LogP contribution in [0.25, 0.3) is 0 Å². The standard InChI is InChI=1S/C12H16F3NO3/c1-18-9-5-3-4-7(11(9)19-2)8(17)6-10(16)12(13,14)15/h3-5,8,10,17H,6,16H2,1-2H3/t8-,10+/m1/s1. The Hall–Kier alpha value is -1.47. The predicted octanol–water partition coefficient (Wildman–Crippen LogP) is 2.02. The quantitative estimate of drug-likeness (QED) is 0.865. The normalized spacial score (nSPS) is 14.9. The van der Waals surface area contributed by atoms with Gasteiger partial charge in [0.25, 0.3) is 0 Å². The molecule has 7 heteroatoms. The van der Waals surface area contributed by atoms with E-state index in [9.17, 15) is 18.3 Å². The molecule has 0 bridgehead atoms. The van der Waals surface area contributed by atoms with Crippen LogP contribution >= 0.6 is 0 Å². The van der Waals surface area contributed by atoms with Crippen LogP contribution in [0.4, 0.5) is 13.2 Å². The van der Waals surface area contributed by atoms with Gasteiger partial charge in [-0.3, -0.25) is 0 Å². The first kappa shape index (κ1) is 15.6. The Kier molecular flexibility index (Phi) is 5.02. The molecule has 0 aromatic heterocycles. The van der Waals surface area contributed by atoms with Gasteiger partial charge in [0.05, 0.1) is 20.3 Å². The molecule has 0 unspecified atom stereocenters. The highest BCUT2D eigenvalue weighted by Gasteiger charge is 2.38. The lowest BCUT2D eigenvalue weighted by Crippen LogP contribution is -2.38. The number of benzene rings is 1. The highest BCUT2D eigenvalue weighted by Crippen LogP contribution is 2.37. The molecular weight excluding hydrogens is 263 g/mol. The van der Waals surface area contributed by atoms with Crippen molar-refractivity contribution in [3.63, 3.8) is 0 Å². The number of para-hydroxylation sites is 1. The highest BCUT2D eigenvalue weighted by molar-refractivity contribution is 5.47. The summed E-state index contributed by atoms with van der Waals surface area (Å²) in [6.07, 6.45) is -6.58. The van der Waals surface area contributed by atoms with Gasteiger partial charge >= 0.3 is 6.18 Å². The van der Waals surface area contributed by atoms with Crippen molar-refractivity contribution in [1.82, 2.24) is 0 Å². The molecule has 0 radical (unpaired) electrons. The summed E-state index contributed by atoms with van der Waals surface area (Å²) in [5.74, 6) is 0.534. The van der Waals surface area contributed by atoms with Crippen LogP contribution in [0, 0.1) is 0 Å². The molecule has 0 fully saturated rings. The summed E-state index contributed by atoms with van der Waals surface area (Å²) in [6, 6.07) is 2.51. The molecule has 1 aromatic carbocycles. The molecule has 0 amide bonds. The SMILES string of the molecule is COc1cccc([C@H](O)C[C@H](N)C(F)(F)F)c1OC. The Labute approximate surface area is 108 Å². The molecule has 0 spiro atoms. The van der Waals surface area contributed by atoms with Crippen LogP contribution in [0.3, 0.4) is 0 Å². The lowest BCUT2D eigenvalue weighted by Gasteiger charge is -2.21. The number of aliphatic hydroxyl groups is 1. The van der Waals surface area contributed by atoms with Crippen molar-refractivity contribution in [2.75, 3.05) is 14.2 Å². The number of halogens is 3. The minimum absolute atomic E-state index is 0.201. The second-order valence-electron chi connectivity index (χ2n) is 3.98. The fourth-order valence-electron chi connectivity index (χ4n) is 1.68. The van der Waals surface area contributed by atoms with Gasteiger partial charge in [-0.15, -0.1) is 0 Å². The number of methoxy groups -OCH3 is 2. The number of nitrogens with two attached hydrogens (primary N) is 1. The van der Waals surface area contributed by atoms with Gasteiger partial charge in [-0.1, -0.05) is 12.1 Å². The Morgan fingerprint density at radius 3 is 2.37 bits per heavy atom. The van der Waals surface area contributed by atoms with Gasteiger partial charge < -0.3 is 20.3 Å². The zero-order chi connectivity index (χ0) is 14.6. The van der Waals surface area contributed by atoms with Crippen molar-refractivity contribution in [2.24, 2.45) is 5.73 Å². The first-order valence-electron chi connectivity index (χ1n) is 5.52. The molecule has 0 aliphatic heterocycles. The van der Waals surface area contributed by atoms with Crippen molar-refractivity contribution in [2.45, 2.75) is 24.7 Å². The van der Waals surface area contributed by atoms with E-state index in [1.54, 1.807) is 12.1 Å². The van der Waals surface area contributed by atoms with Gasteiger partial charge in [-0.05, 0) is 6.07 Å². The van der Waals surface area contributed by atoms with E-state index in [4.69, 9.17) is 15.2 Å². The average Bonchev–Trinajstić information content (AvgIpc) is 2.36. The van der Waals surface area contributed by atoms with E-state index >= 15 is 0 Å². The summed E-state index contributed by atoms with van der Waals surface area (Å²) in [5.41, 5.74) is 5.20. The highest BCUT2D eigenvalue weighted by atomic mass is 19.4. The summed E-state index contributed by atoms with van der Waals surface area (Å²) < 4.78 is 47.1. The number of aliphatic hydroxyl groups excluding tert-OH is 1. The second-order valence-corrected chi connectivity index (χ2v) is 3.98. The van der Waals surface area contributed by atoms with Crippen LogP contribution in [-0.2, 0) is 0 Å². The van der Waals surface area contributed by atoms with E-state index in [-0.39, 0.29) is 11.3 Å². The average molecular weight is 279 g/mol. The van der Waals surface area contributed by atoms with E-state index < -0.39 is 24.7 Å². The van der Waals surface area contributed by atoms with Crippen LogP contribution in [0.2, 0.25) is 0 Å². The molecule has 0 saturated heterocycles. The molecular formula is C12H16F3NO3. The molecule has 3 N–H and O–H groups in total. The third-order valence-corrected chi connectivity index (χ3v) is 2.69. The monoisotopic (exact) mass is 279 g/mol. The minimum atomic E-state index is -4.55. The predicted molar refractivity (Wildman–Crippen MR) is 63.2 cm³/mol. The molecule has 1 aromatic rings. The number of alkyl halides is 3. The topological polar surface area (TPSA) is 64.7 Å². The second kappa shape index (κ2) is 6.12. The maximum Gasteiger partial charge on any atom is 0.403 e. The number of ether oxygens (including phenoxy) is 2. The van der Waals surface area contributed by atoms with Crippen molar-refractivity contribution < 1.29 is 27.8 Å². The Morgan fingerprint density at radius 1 is 1.26 bits per heavy atom. The molecule has 2 atom stereocenters. The summed E-state index contributed by atoms with van der Waals surface area (Å²) in [7, 11) is 2.74. The van der Waals surface area contributed by atoms with Crippen LogP contribution < -0.4 is 15.2 Å². The molecule has 0 heterocycles. The van der Waals surface area contributed by atoms with Gasteiger partial charge in [-0.25, -0.2) is 0 Å². The third-order valence-electron chi connectivity index (χ3n) is 2.69.